The predicted octanol–water partition coefficient (Wildman–Crippen LogP) is 2.95. The average molecular weight is 224 g/mol. The third-order valence-electron chi connectivity index (χ3n) is 2.91. The van der Waals surface area contributed by atoms with Crippen LogP contribution in [0.3, 0.4) is 0 Å². The van der Waals surface area contributed by atoms with E-state index in [1.54, 1.807) is 18.3 Å². The Labute approximate surface area is 99.0 Å². The topological polar surface area (TPSA) is 38.0 Å². The van der Waals surface area contributed by atoms with Crippen LogP contribution < -0.4 is 0 Å². The van der Waals surface area contributed by atoms with Crippen molar-refractivity contribution >= 4 is 11.0 Å². The van der Waals surface area contributed by atoms with E-state index in [0.717, 1.165) is 22.2 Å². The first-order chi connectivity index (χ1) is 8.25. The van der Waals surface area contributed by atoms with Gasteiger partial charge in [0.15, 0.2) is 0 Å². The van der Waals surface area contributed by atoms with Crippen LogP contribution in [0.25, 0.3) is 22.2 Å². The predicted molar refractivity (Wildman–Crippen MR) is 67.8 cm³/mol. The second-order valence-corrected chi connectivity index (χ2v) is 4.08. The van der Waals surface area contributed by atoms with Crippen LogP contribution in [0.15, 0.2) is 48.8 Å². The Morgan fingerprint density at radius 1 is 1.12 bits per heavy atom. The number of hydrogen-bond acceptors (Lipinski definition) is 2. The molecule has 0 unspecified atom stereocenters. The molecule has 3 nitrogen and oxygen atoms in total. The molecule has 0 fully saturated rings. The molecule has 0 saturated carbocycles. The van der Waals surface area contributed by atoms with Crippen LogP contribution in [0.4, 0.5) is 0 Å². The number of phenols is 1. The van der Waals surface area contributed by atoms with E-state index in [2.05, 4.69) is 17.2 Å². The number of aromatic hydroxyl groups is 1. The van der Waals surface area contributed by atoms with Crippen molar-refractivity contribution in [1.29, 1.82) is 0 Å². The maximum absolute atomic E-state index is 9.30. The Hall–Kier alpha value is -2.29. The van der Waals surface area contributed by atoms with Crippen molar-refractivity contribution in [2.45, 2.75) is 0 Å². The lowest BCUT2D eigenvalue weighted by molar-refractivity contribution is 0.475. The van der Waals surface area contributed by atoms with Crippen LogP contribution in [-0.4, -0.2) is 14.7 Å². The molecule has 0 saturated heterocycles. The number of nitrogens with zero attached hydrogens (tertiary/aromatic N) is 2. The normalized spacial score (nSPS) is 10.9. The minimum absolute atomic E-state index is 0.284. The second kappa shape index (κ2) is 3.63. The summed E-state index contributed by atoms with van der Waals surface area (Å²) >= 11 is 0. The van der Waals surface area contributed by atoms with Crippen LogP contribution in [0.2, 0.25) is 0 Å². The first-order valence-electron chi connectivity index (χ1n) is 5.45. The molecule has 0 aliphatic rings. The summed E-state index contributed by atoms with van der Waals surface area (Å²) in [5, 5.41) is 10.4. The minimum Gasteiger partial charge on any atom is -0.508 e. The van der Waals surface area contributed by atoms with Crippen molar-refractivity contribution in [2.75, 3.05) is 0 Å². The van der Waals surface area contributed by atoms with Crippen molar-refractivity contribution in [3.05, 3.63) is 48.8 Å². The molecule has 0 aliphatic carbocycles. The third kappa shape index (κ3) is 1.56. The van der Waals surface area contributed by atoms with Crippen molar-refractivity contribution in [1.82, 2.24) is 9.55 Å². The highest BCUT2D eigenvalue weighted by atomic mass is 16.3. The van der Waals surface area contributed by atoms with E-state index >= 15 is 0 Å². The number of aryl methyl sites for hydroxylation is 1. The molecule has 0 spiro atoms. The highest BCUT2D eigenvalue weighted by molar-refractivity contribution is 5.93. The molecule has 3 rings (SSSR count). The molecular weight excluding hydrogens is 212 g/mol. The van der Waals surface area contributed by atoms with E-state index in [1.165, 1.54) is 0 Å². The summed E-state index contributed by atoms with van der Waals surface area (Å²) in [6.45, 7) is 0. The zero-order chi connectivity index (χ0) is 11.8. The summed E-state index contributed by atoms with van der Waals surface area (Å²) in [5.41, 5.74) is 3.19. The van der Waals surface area contributed by atoms with Gasteiger partial charge in [0.25, 0.3) is 0 Å². The number of benzene rings is 1. The largest absolute Gasteiger partial charge is 0.508 e. The number of phenolic OH excluding ortho intramolecular Hbond substituents is 1. The van der Waals surface area contributed by atoms with E-state index in [1.807, 2.05) is 29.8 Å². The molecule has 0 atom stereocenters. The van der Waals surface area contributed by atoms with E-state index in [0.29, 0.717) is 0 Å². The first-order valence-corrected chi connectivity index (χ1v) is 5.45. The fourth-order valence-electron chi connectivity index (χ4n) is 2.08. The lowest BCUT2D eigenvalue weighted by Gasteiger charge is -1.99. The number of fused-ring (bicyclic) bond motifs is 1. The van der Waals surface area contributed by atoms with Gasteiger partial charge < -0.3 is 9.67 Å². The maximum Gasteiger partial charge on any atom is 0.140 e. The molecule has 2 heterocycles. The number of aromatic nitrogens is 2. The van der Waals surface area contributed by atoms with Crippen LogP contribution >= 0.6 is 0 Å². The van der Waals surface area contributed by atoms with Gasteiger partial charge in [-0.25, -0.2) is 4.98 Å². The van der Waals surface area contributed by atoms with Crippen LogP contribution in [0, 0.1) is 0 Å². The molecule has 1 aromatic carbocycles. The van der Waals surface area contributed by atoms with E-state index in [-0.39, 0.29) is 5.75 Å². The van der Waals surface area contributed by atoms with Gasteiger partial charge >= 0.3 is 0 Å². The lowest BCUT2D eigenvalue weighted by Crippen LogP contribution is -1.85. The number of rotatable bonds is 1. The summed E-state index contributed by atoms with van der Waals surface area (Å²) < 4.78 is 2.01. The lowest BCUT2D eigenvalue weighted by atomic mass is 10.1. The standard InChI is InChI=1S/C14H12N2O/c1-16-9-13(10-4-6-11(17)7-5-10)12-3-2-8-15-14(12)16/h2-9,17H,1H3. The van der Waals surface area contributed by atoms with Crippen molar-refractivity contribution < 1.29 is 5.11 Å². The van der Waals surface area contributed by atoms with Gasteiger partial charge in [-0.15, -0.1) is 0 Å². The molecule has 0 aliphatic heterocycles. The molecule has 84 valence electrons. The average Bonchev–Trinajstić information content (AvgIpc) is 2.69. The summed E-state index contributed by atoms with van der Waals surface area (Å²) in [6, 6.07) is 11.2. The smallest absolute Gasteiger partial charge is 0.140 e. The maximum atomic E-state index is 9.30. The van der Waals surface area contributed by atoms with Gasteiger partial charge in [0.2, 0.25) is 0 Å². The number of pyridine rings is 1. The van der Waals surface area contributed by atoms with Gasteiger partial charge in [-0.05, 0) is 29.8 Å². The Morgan fingerprint density at radius 3 is 2.65 bits per heavy atom. The van der Waals surface area contributed by atoms with E-state index in [4.69, 9.17) is 0 Å². The van der Waals surface area contributed by atoms with Gasteiger partial charge in [-0.3, -0.25) is 0 Å². The zero-order valence-corrected chi connectivity index (χ0v) is 9.46. The zero-order valence-electron chi connectivity index (χ0n) is 9.46. The monoisotopic (exact) mass is 224 g/mol. The van der Waals surface area contributed by atoms with Crippen molar-refractivity contribution in [3.63, 3.8) is 0 Å². The SMILES string of the molecule is Cn1cc(-c2ccc(O)cc2)c2cccnc21. The van der Waals surface area contributed by atoms with Crippen molar-refractivity contribution in [3.8, 4) is 16.9 Å². The molecular formula is C14H12N2O. The van der Waals surface area contributed by atoms with Gasteiger partial charge in [0.05, 0.1) is 0 Å². The highest BCUT2D eigenvalue weighted by Gasteiger charge is 2.08. The molecule has 0 amide bonds. The summed E-state index contributed by atoms with van der Waals surface area (Å²) in [4.78, 5) is 4.36. The molecule has 3 heteroatoms. The second-order valence-electron chi connectivity index (χ2n) is 4.08. The van der Waals surface area contributed by atoms with Gasteiger partial charge in [0.1, 0.15) is 11.4 Å². The van der Waals surface area contributed by atoms with Crippen LogP contribution in [0.5, 0.6) is 5.75 Å². The van der Waals surface area contributed by atoms with E-state index < -0.39 is 0 Å². The van der Waals surface area contributed by atoms with Gasteiger partial charge in [0, 0.05) is 30.4 Å². The first kappa shape index (κ1) is 9.90. The third-order valence-corrected chi connectivity index (χ3v) is 2.91. The Kier molecular flexibility index (Phi) is 2.11. The fourth-order valence-corrected chi connectivity index (χ4v) is 2.08. The highest BCUT2D eigenvalue weighted by Crippen LogP contribution is 2.29. The van der Waals surface area contributed by atoms with Gasteiger partial charge in [-0.1, -0.05) is 12.1 Å². The fraction of sp³-hybridized carbons (Fsp3) is 0.0714. The van der Waals surface area contributed by atoms with Crippen LogP contribution in [-0.2, 0) is 7.05 Å². The molecule has 17 heavy (non-hydrogen) atoms. The summed E-state index contributed by atoms with van der Waals surface area (Å²) in [7, 11) is 1.99. The Bertz CT molecular complexity index is 668. The van der Waals surface area contributed by atoms with Crippen LogP contribution in [0.1, 0.15) is 0 Å². The van der Waals surface area contributed by atoms with Gasteiger partial charge in [-0.2, -0.15) is 0 Å². The molecule has 1 N–H and O–H groups in total. The molecule has 2 aromatic heterocycles. The van der Waals surface area contributed by atoms with E-state index in [9.17, 15) is 5.11 Å². The minimum atomic E-state index is 0.284. The Balaban J connectivity index is 2.27. The van der Waals surface area contributed by atoms with Crippen molar-refractivity contribution in [2.24, 2.45) is 7.05 Å². The molecule has 0 bridgehead atoms. The summed E-state index contributed by atoms with van der Waals surface area (Å²) in [6.07, 6.45) is 3.85. The molecule has 3 aromatic rings. The molecule has 0 radical (unpaired) electrons. The Morgan fingerprint density at radius 2 is 1.88 bits per heavy atom. The number of hydrogen-bond donors (Lipinski definition) is 1. The summed E-state index contributed by atoms with van der Waals surface area (Å²) in [5.74, 6) is 0.284. The quantitative estimate of drug-likeness (QED) is 0.690.